The van der Waals surface area contributed by atoms with Crippen molar-refractivity contribution in [2.75, 3.05) is 0 Å². The van der Waals surface area contributed by atoms with Crippen LogP contribution in [-0.2, 0) is 6.42 Å². The Morgan fingerprint density at radius 2 is 1.86 bits per heavy atom. The van der Waals surface area contributed by atoms with Gasteiger partial charge in [0.2, 0.25) is 0 Å². The summed E-state index contributed by atoms with van der Waals surface area (Å²) >= 11 is 0. The van der Waals surface area contributed by atoms with Crippen LogP contribution < -0.4 is 5.73 Å². The minimum atomic E-state index is 0.389. The third kappa shape index (κ3) is 3.93. The van der Waals surface area contributed by atoms with Crippen molar-refractivity contribution in [1.29, 1.82) is 0 Å². The summed E-state index contributed by atoms with van der Waals surface area (Å²) in [5.41, 5.74) is 8.62. The third-order valence-corrected chi connectivity index (χ3v) is 2.69. The standard InChI is InChI=1S/C13H21N/c1-3-13(14)6-4-5-12-9-7-11(2)8-10-12/h7-10,13H,3-6,14H2,1-2H3. The SMILES string of the molecule is CCC(N)CCCc1ccc(C)cc1. The van der Waals surface area contributed by atoms with Crippen LogP contribution in [0, 0.1) is 6.92 Å². The monoisotopic (exact) mass is 191 g/mol. The molecular weight excluding hydrogens is 170 g/mol. The highest BCUT2D eigenvalue weighted by Crippen LogP contribution is 2.08. The van der Waals surface area contributed by atoms with Crippen LogP contribution in [-0.4, -0.2) is 6.04 Å². The maximum atomic E-state index is 5.86. The van der Waals surface area contributed by atoms with Gasteiger partial charge in [-0.05, 0) is 38.2 Å². The molecule has 0 heterocycles. The highest BCUT2D eigenvalue weighted by molar-refractivity contribution is 5.21. The number of nitrogens with two attached hydrogens (primary N) is 1. The first-order valence-electron chi connectivity index (χ1n) is 5.53. The molecule has 0 amide bonds. The molecule has 0 saturated heterocycles. The molecule has 0 saturated carbocycles. The number of hydrogen-bond donors (Lipinski definition) is 1. The van der Waals surface area contributed by atoms with E-state index >= 15 is 0 Å². The second kappa shape index (κ2) is 5.82. The predicted octanol–water partition coefficient (Wildman–Crippen LogP) is 3.06. The van der Waals surface area contributed by atoms with Gasteiger partial charge in [0.15, 0.2) is 0 Å². The smallest absolute Gasteiger partial charge is 0.00363 e. The molecule has 0 aromatic heterocycles. The zero-order chi connectivity index (χ0) is 10.4. The van der Waals surface area contributed by atoms with E-state index < -0.39 is 0 Å². The molecule has 1 rings (SSSR count). The number of rotatable bonds is 5. The van der Waals surface area contributed by atoms with Crippen LogP contribution in [0.3, 0.4) is 0 Å². The first-order chi connectivity index (χ1) is 6.72. The molecule has 1 nitrogen and oxygen atoms in total. The summed E-state index contributed by atoms with van der Waals surface area (Å²) < 4.78 is 0. The van der Waals surface area contributed by atoms with Crippen LogP contribution >= 0.6 is 0 Å². The molecule has 0 radical (unpaired) electrons. The van der Waals surface area contributed by atoms with E-state index in [1.165, 1.54) is 17.5 Å². The third-order valence-electron chi connectivity index (χ3n) is 2.69. The Morgan fingerprint density at radius 1 is 1.21 bits per heavy atom. The second-order valence-electron chi connectivity index (χ2n) is 4.05. The van der Waals surface area contributed by atoms with Crippen molar-refractivity contribution < 1.29 is 0 Å². The van der Waals surface area contributed by atoms with Gasteiger partial charge in [0.05, 0.1) is 0 Å². The largest absolute Gasteiger partial charge is 0.328 e. The van der Waals surface area contributed by atoms with E-state index in [0.717, 1.165) is 19.3 Å². The molecule has 1 unspecified atom stereocenters. The summed E-state index contributed by atoms with van der Waals surface area (Å²) in [6, 6.07) is 9.17. The Hall–Kier alpha value is -0.820. The van der Waals surface area contributed by atoms with Gasteiger partial charge in [-0.3, -0.25) is 0 Å². The van der Waals surface area contributed by atoms with Crippen molar-refractivity contribution in [3.05, 3.63) is 35.4 Å². The molecule has 1 aromatic rings. The van der Waals surface area contributed by atoms with Crippen LogP contribution in [0.4, 0.5) is 0 Å². The van der Waals surface area contributed by atoms with Crippen molar-refractivity contribution in [2.24, 2.45) is 5.73 Å². The Labute approximate surface area is 87.3 Å². The van der Waals surface area contributed by atoms with Gasteiger partial charge in [-0.1, -0.05) is 36.8 Å². The van der Waals surface area contributed by atoms with Gasteiger partial charge >= 0.3 is 0 Å². The van der Waals surface area contributed by atoms with Crippen LogP contribution in [0.15, 0.2) is 24.3 Å². The van der Waals surface area contributed by atoms with Gasteiger partial charge in [-0.25, -0.2) is 0 Å². The van der Waals surface area contributed by atoms with Crippen LogP contribution in [0.25, 0.3) is 0 Å². The summed E-state index contributed by atoms with van der Waals surface area (Å²) in [4.78, 5) is 0. The van der Waals surface area contributed by atoms with E-state index in [1.54, 1.807) is 0 Å². The first-order valence-corrected chi connectivity index (χ1v) is 5.53. The fourth-order valence-corrected chi connectivity index (χ4v) is 1.53. The van der Waals surface area contributed by atoms with E-state index in [2.05, 4.69) is 38.1 Å². The van der Waals surface area contributed by atoms with Crippen molar-refractivity contribution in [1.82, 2.24) is 0 Å². The number of hydrogen-bond acceptors (Lipinski definition) is 1. The highest BCUT2D eigenvalue weighted by Gasteiger charge is 1.99. The quantitative estimate of drug-likeness (QED) is 0.760. The molecule has 0 aliphatic carbocycles. The van der Waals surface area contributed by atoms with Crippen molar-refractivity contribution >= 4 is 0 Å². The molecule has 0 fully saturated rings. The van der Waals surface area contributed by atoms with Gasteiger partial charge in [0, 0.05) is 6.04 Å². The van der Waals surface area contributed by atoms with E-state index in [-0.39, 0.29) is 0 Å². The van der Waals surface area contributed by atoms with Crippen molar-refractivity contribution in [2.45, 2.75) is 45.6 Å². The number of benzene rings is 1. The fourth-order valence-electron chi connectivity index (χ4n) is 1.53. The summed E-state index contributed by atoms with van der Waals surface area (Å²) in [6.07, 6.45) is 4.60. The lowest BCUT2D eigenvalue weighted by atomic mass is 10.0. The summed E-state index contributed by atoms with van der Waals surface area (Å²) in [6.45, 7) is 4.27. The molecule has 0 bridgehead atoms. The Kier molecular flexibility index (Phi) is 4.68. The highest BCUT2D eigenvalue weighted by atomic mass is 14.6. The van der Waals surface area contributed by atoms with Crippen molar-refractivity contribution in [3.8, 4) is 0 Å². The molecule has 0 aliphatic heterocycles. The molecule has 0 aliphatic rings. The van der Waals surface area contributed by atoms with Crippen molar-refractivity contribution in [3.63, 3.8) is 0 Å². The fraction of sp³-hybridized carbons (Fsp3) is 0.538. The molecular formula is C13H21N. The lowest BCUT2D eigenvalue weighted by molar-refractivity contribution is 0.568. The summed E-state index contributed by atoms with van der Waals surface area (Å²) in [5.74, 6) is 0. The number of aryl methyl sites for hydroxylation is 2. The maximum absolute atomic E-state index is 5.86. The minimum absolute atomic E-state index is 0.389. The van der Waals surface area contributed by atoms with E-state index in [1.807, 2.05) is 0 Å². The zero-order valence-corrected chi connectivity index (χ0v) is 9.29. The van der Waals surface area contributed by atoms with E-state index in [4.69, 9.17) is 5.73 Å². The topological polar surface area (TPSA) is 26.0 Å². The average molecular weight is 191 g/mol. The van der Waals surface area contributed by atoms with E-state index in [0.29, 0.717) is 6.04 Å². The van der Waals surface area contributed by atoms with Gasteiger partial charge in [0.1, 0.15) is 0 Å². The Balaban J connectivity index is 2.28. The predicted molar refractivity (Wildman–Crippen MR) is 62.4 cm³/mol. The normalized spacial score (nSPS) is 12.8. The van der Waals surface area contributed by atoms with Gasteiger partial charge in [-0.15, -0.1) is 0 Å². The summed E-state index contributed by atoms with van der Waals surface area (Å²) in [7, 11) is 0. The Morgan fingerprint density at radius 3 is 2.43 bits per heavy atom. The van der Waals surface area contributed by atoms with Gasteiger partial charge in [-0.2, -0.15) is 0 Å². The molecule has 0 spiro atoms. The average Bonchev–Trinajstić information content (AvgIpc) is 2.21. The molecule has 1 aromatic carbocycles. The van der Waals surface area contributed by atoms with Crippen LogP contribution in [0.1, 0.15) is 37.3 Å². The second-order valence-corrected chi connectivity index (χ2v) is 4.05. The first kappa shape index (κ1) is 11.3. The lowest BCUT2D eigenvalue weighted by Crippen LogP contribution is -2.18. The molecule has 1 atom stereocenters. The van der Waals surface area contributed by atoms with Gasteiger partial charge in [0.25, 0.3) is 0 Å². The van der Waals surface area contributed by atoms with Crippen LogP contribution in [0.2, 0.25) is 0 Å². The van der Waals surface area contributed by atoms with E-state index in [9.17, 15) is 0 Å². The minimum Gasteiger partial charge on any atom is -0.328 e. The molecule has 1 heteroatoms. The summed E-state index contributed by atoms with van der Waals surface area (Å²) in [5, 5.41) is 0. The Bertz CT molecular complexity index is 250. The molecule has 14 heavy (non-hydrogen) atoms. The van der Waals surface area contributed by atoms with Crippen LogP contribution in [0.5, 0.6) is 0 Å². The molecule has 78 valence electrons. The lowest BCUT2D eigenvalue weighted by Gasteiger charge is -2.07. The molecule has 2 N–H and O–H groups in total. The zero-order valence-electron chi connectivity index (χ0n) is 9.29. The maximum Gasteiger partial charge on any atom is 0.00363 e. The van der Waals surface area contributed by atoms with Gasteiger partial charge < -0.3 is 5.73 Å².